The highest BCUT2D eigenvalue weighted by Crippen LogP contribution is 2.10. The van der Waals surface area contributed by atoms with Gasteiger partial charge >= 0.3 is 0 Å². The lowest BCUT2D eigenvalue weighted by molar-refractivity contribution is 0.626. The first kappa shape index (κ1) is 18.7. The number of hydrazone groups is 1. The summed E-state index contributed by atoms with van der Waals surface area (Å²) in [5, 5.41) is 4.08. The summed E-state index contributed by atoms with van der Waals surface area (Å²) in [5.41, 5.74) is 15.9. The molecule has 0 aliphatic rings. The number of rotatable bonds is 7. The van der Waals surface area contributed by atoms with E-state index in [2.05, 4.69) is 52.3 Å². The number of benzene rings is 2. The number of hydrazine groups is 1. The van der Waals surface area contributed by atoms with E-state index in [1.807, 2.05) is 24.3 Å². The molecule has 0 saturated heterocycles. The highest BCUT2D eigenvalue weighted by atomic mass is 79.9. The second kappa shape index (κ2) is 9.01. The van der Waals surface area contributed by atoms with E-state index >= 15 is 0 Å². The highest BCUT2D eigenvalue weighted by Gasteiger charge is 2.03. The first-order valence-electron chi connectivity index (χ1n) is 7.88. The molecule has 3 aromatic rings. The number of nitrogens with one attached hydrogen (secondary N) is 3. The summed E-state index contributed by atoms with van der Waals surface area (Å²) in [6.45, 7) is 0.441. The first-order valence-corrected chi connectivity index (χ1v) is 8.67. The standard InChI is InChI=1S/C17H16BrFN8/c18-13-5-1-11(2-6-13)9-21-26-16-23-15(20)24-17(25-16)27-22-10-12-3-7-14(19)8-4-12/h1-9,22H,10H2,(H4,20,23,24,25,26,27). The Morgan fingerprint density at radius 3 is 2.44 bits per heavy atom. The lowest BCUT2D eigenvalue weighted by Crippen LogP contribution is -2.23. The number of nitrogen functional groups attached to an aromatic ring is 1. The van der Waals surface area contributed by atoms with Gasteiger partial charge < -0.3 is 5.73 Å². The topological polar surface area (TPSA) is 113 Å². The van der Waals surface area contributed by atoms with Crippen molar-refractivity contribution in [3.05, 3.63) is 69.9 Å². The number of hydrogen-bond donors (Lipinski definition) is 4. The maximum atomic E-state index is 12.9. The van der Waals surface area contributed by atoms with Crippen LogP contribution in [-0.4, -0.2) is 21.2 Å². The van der Waals surface area contributed by atoms with Gasteiger partial charge in [-0.2, -0.15) is 20.1 Å². The summed E-state index contributed by atoms with van der Waals surface area (Å²) >= 11 is 3.37. The fourth-order valence-corrected chi connectivity index (χ4v) is 2.30. The minimum atomic E-state index is -0.281. The molecule has 0 spiro atoms. The van der Waals surface area contributed by atoms with E-state index in [1.54, 1.807) is 18.3 Å². The third-order valence-electron chi connectivity index (χ3n) is 3.31. The second-order valence-corrected chi connectivity index (χ2v) is 6.28. The first-order chi connectivity index (χ1) is 13.1. The molecule has 0 bridgehead atoms. The van der Waals surface area contributed by atoms with E-state index in [0.29, 0.717) is 6.54 Å². The number of aromatic nitrogens is 3. The van der Waals surface area contributed by atoms with Gasteiger partial charge in [0.2, 0.25) is 17.8 Å². The summed E-state index contributed by atoms with van der Waals surface area (Å²) in [4.78, 5) is 12.1. The van der Waals surface area contributed by atoms with E-state index in [1.165, 1.54) is 12.1 Å². The van der Waals surface area contributed by atoms with Crippen LogP contribution in [0.25, 0.3) is 0 Å². The van der Waals surface area contributed by atoms with E-state index in [-0.39, 0.29) is 23.7 Å². The van der Waals surface area contributed by atoms with Gasteiger partial charge in [0.25, 0.3) is 0 Å². The van der Waals surface area contributed by atoms with Gasteiger partial charge in [-0.05, 0) is 35.4 Å². The van der Waals surface area contributed by atoms with Crippen molar-refractivity contribution in [2.24, 2.45) is 5.10 Å². The molecule has 3 rings (SSSR count). The predicted molar refractivity (Wildman–Crippen MR) is 106 cm³/mol. The van der Waals surface area contributed by atoms with Crippen LogP contribution in [0.3, 0.4) is 0 Å². The molecule has 5 N–H and O–H groups in total. The largest absolute Gasteiger partial charge is 0.368 e. The summed E-state index contributed by atoms with van der Waals surface area (Å²) in [5.74, 6) is 0.182. The average molecular weight is 431 g/mol. The summed E-state index contributed by atoms with van der Waals surface area (Å²) in [7, 11) is 0. The van der Waals surface area contributed by atoms with Crippen LogP contribution in [0.4, 0.5) is 22.2 Å². The Hall–Kier alpha value is -3.11. The van der Waals surface area contributed by atoms with Crippen LogP contribution in [0, 0.1) is 5.82 Å². The number of hydrogen-bond acceptors (Lipinski definition) is 8. The minimum Gasteiger partial charge on any atom is -0.368 e. The van der Waals surface area contributed by atoms with Crippen molar-refractivity contribution in [2.75, 3.05) is 16.6 Å². The van der Waals surface area contributed by atoms with Crippen molar-refractivity contribution < 1.29 is 4.39 Å². The Morgan fingerprint density at radius 1 is 1.00 bits per heavy atom. The molecule has 0 unspecified atom stereocenters. The molecule has 138 valence electrons. The van der Waals surface area contributed by atoms with Gasteiger partial charge in [-0.3, -0.25) is 5.43 Å². The van der Waals surface area contributed by atoms with Crippen LogP contribution in [0.2, 0.25) is 0 Å². The number of anilines is 3. The lowest BCUT2D eigenvalue weighted by atomic mass is 10.2. The fraction of sp³-hybridized carbons (Fsp3) is 0.0588. The maximum Gasteiger partial charge on any atom is 0.250 e. The molecule has 0 radical (unpaired) electrons. The molecular weight excluding hydrogens is 415 g/mol. The molecular formula is C17H16BrFN8. The zero-order chi connectivity index (χ0) is 19.1. The molecule has 0 saturated carbocycles. The quantitative estimate of drug-likeness (QED) is 0.336. The monoisotopic (exact) mass is 430 g/mol. The molecule has 0 aliphatic carbocycles. The van der Waals surface area contributed by atoms with E-state index in [0.717, 1.165) is 15.6 Å². The molecule has 0 fully saturated rings. The van der Waals surface area contributed by atoms with Crippen molar-refractivity contribution in [2.45, 2.75) is 6.54 Å². The van der Waals surface area contributed by atoms with Crippen molar-refractivity contribution in [1.29, 1.82) is 0 Å². The maximum absolute atomic E-state index is 12.9. The predicted octanol–water partition coefficient (Wildman–Crippen LogP) is 2.92. The van der Waals surface area contributed by atoms with Crippen LogP contribution in [0.15, 0.2) is 58.1 Å². The Morgan fingerprint density at radius 2 is 1.70 bits per heavy atom. The fourth-order valence-electron chi connectivity index (χ4n) is 2.04. The van der Waals surface area contributed by atoms with Crippen LogP contribution in [0.5, 0.6) is 0 Å². The SMILES string of the molecule is Nc1nc(NN=Cc2ccc(Br)cc2)nc(NNCc2ccc(F)cc2)n1. The summed E-state index contributed by atoms with van der Waals surface area (Å²) in [6.07, 6.45) is 1.63. The van der Waals surface area contributed by atoms with Crippen LogP contribution < -0.4 is 22.0 Å². The van der Waals surface area contributed by atoms with Crippen molar-refractivity contribution in [1.82, 2.24) is 20.4 Å². The number of nitrogens with two attached hydrogens (primary N) is 1. The van der Waals surface area contributed by atoms with E-state index < -0.39 is 0 Å². The van der Waals surface area contributed by atoms with Gasteiger partial charge in [0.15, 0.2) is 0 Å². The summed E-state index contributed by atoms with van der Waals surface area (Å²) < 4.78 is 13.9. The number of halogens is 2. The molecule has 0 amide bonds. The second-order valence-electron chi connectivity index (χ2n) is 5.37. The smallest absolute Gasteiger partial charge is 0.250 e. The highest BCUT2D eigenvalue weighted by molar-refractivity contribution is 9.10. The molecule has 27 heavy (non-hydrogen) atoms. The van der Waals surface area contributed by atoms with Gasteiger partial charge in [0.1, 0.15) is 5.82 Å². The Kier molecular flexibility index (Phi) is 6.23. The molecule has 8 nitrogen and oxygen atoms in total. The van der Waals surface area contributed by atoms with Gasteiger partial charge in [-0.25, -0.2) is 15.2 Å². The molecule has 0 aliphatic heterocycles. The zero-order valence-corrected chi connectivity index (χ0v) is 15.6. The Labute approximate surface area is 163 Å². The molecule has 10 heteroatoms. The molecule has 2 aromatic carbocycles. The van der Waals surface area contributed by atoms with E-state index in [9.17, 15) is 4.39 Å². The number of nitrogens with zero attached hydrogens (tertiary/aromatic N) is 4. The average Bonchev–Trinajstić information content (AvgIpc) is 2.65. The minimum absolute atomic E-state index is 0.0393. The van der Waals surface area contributed by atoms with Crippen LogP contribution in [0.1, 0.15) is 11.1 Å². The molecule has 0 atom stereocenters. The summed E-state index contributed by atoms with van der Waals surface area (Å²) in [6, 6.07) is 13.8. The normalized spacial score (nSPS) is 10.9. The molecule has 1 aromatic heterocycles. The van der Waals surface area contributed by atoms with Gasteiger partial charge in [-0.15, -0.1) is 0 Å². The van der Waals surface area contributed by atoms with Gasteiger partial charge in [-0.1, -0.05) is 40.2 Å². The van der Waals surface area contributed by atoms with Crippen molar-refractivity contribution >= 4 is 40.0 Å². The van der Waals surface area contributed by atoms with Crippen molar-refractivity contribution in [3.63, 3.8) is 0 Å². The third-order valence-corrected chi connectivity index (χ3v) is 3.84. The van der Waals surface area contributed by atoms with Crippen LogP contribution >= 0.6 is 15.9 Å². The molecule has 1 heterocycles. The third kappa shape index (κ3) is 5.97. The van der Waals surface area contributed by atoms with Crippen molar-refractivity contribution in [3.8, 4) is 0 Å². The zero-order valence-electron chi connectivity index (χ0n) is 14.0. The lowest BCUT2D eigenvalue weighted by Gasteiger charge is -2.08. The Balaban J connectivity index is 1.56. The van der Waals surface area contributed by atoms with Crippen LogP contribution in [-0.2, 0) is 6.54 Å². The Bertz CT molecular complexity index is 915. The van der Waals surface area contributed by atoms with E-state index in [4.69, 9.17) is 5.73 Å². The van der Waals surface area contributed by atoms with Gasteiger partial charge in [0, 0.05) is 11.0 Å². The van der Waals surface area contributed by atoms with Gasteiger partial charge in [0.05, 0.1) is 6.21 Å².